The highest BCUT2D eigenvalue weighted by Crippen LogP contribution is 2.21. The number of hydrogen-bond donors (Lipinski definition) is 0. The van der Waals surface area contributed by atoms with Crippen LogP contribution in [0.1, 0.15) is 24.3 Å². The fourth-order valence-electron chi connectivity index (χ4n) is 2.30. The van der Waals surface area contributed by atoms with Gasteiger partial charge >= 0.3 is 0 Å². The molecule has 24 heavy (non-hydrogen) atoms. The summed E-state index contributed by atoms with van der Waals surface area (Å²) in [6.07, 6.45) is 5.23. The van der Waals surface area contributed by atoms with Crippen LogP contribution in [0.3, 0.4) is 0 Å². The maximum Gasteiger partial charge on any atom is 0.226 e. The number of carbonyl (C=O) groups is 1. The van der Waals surface area contributed by atoms with Gasteiger partial charge in [0.1, 0.15) is 0 Å². The second-order valence-corrected chi connectivity index (χ2v) is 6.40. The zero-order valence-electron chi connectivity index (χ0n) is 13.4. The van der Waals surface area contributed by atoms with Gasteiger partial charge in [-0.15, -0.1) is 11.3 Å². The first-order valence-electron chi connectivity index (χ1n) is 7.71. The smallest absolute Gasteiger partial charge is 0.226 e. The molecule has 7 heteroatoms. The van der Waals surface area contributed by atoms with Gasteiger partial charge in [-0.1, -0.05) is 17.3 Å². The Kier molecular flexibility index (Phi) is 5.32. The predicted octanol–water partition coefficient (Wildman–Crippen LogP) is 3.17. The van der Waals surface area contributed by atoms with Gasteiger partial charge in [0, 0.05) is 38.8 Å². The van der Waals surface area contributed by atoms with Crippen molar-refractivity contribution in [2.75, 3.05) is 7.05 Å². The first-order chi connectivity index (χ1) is 11.7. The van der Waals surface area contributed by atoms with Gasteiger partial charge in [0.15, 0.2) is 0 Å². The van der Waals surface area contributed by atoms with Crippen LogP contribution < -0.4 is 0 Å². The molecule has 0 aliphatic heterocycles. The van der Waals surface area contributed by atoms with Gasteiger partial charge in [-0.25, -0.2) is 0 Å². The molecule has 3 rings (SSSR count). The minimum atomic E-state index is 0.0943. The number of pyridine rings is 1. The van der Waals surface area contributed by atoms with E-state index in [0.29, 0.717) is 37.5 Å². The summed E-state index contributed by atoms with van der Waals surface area (Å²) in [6, 6.07) is 7.73. The Labute approximate surface area is 144 Å². The van der Waals surface area contributed by atoms with Crippen LogP contribution in [0.25, 0.3) is 10.7 Å². The lowest BCUT2D eigenvalue weighted by Gasteiger charge is -2.16. The van der Waals surface area contributed by atoms with Crippen molar-refractivity contribution in [3.05, 3.63) is 53.5 Å². The van der Waals surface area contributed by atoms with E-state index in [4.69, 9.17) is 4.52 Å². The quantitative estimate of drug-likeness (QED) is 0.659. The van der Waals surface area contributed by atoms with Crippen LogP contribution in [-0.4, -0.2) is 33.0 Å². The Morgan fingerprint density at radius 2 is 2.25 bits per heavy atom. The van der Waals surface area contributed by atoms with Crippen molar-refractivity contribution >= 4 is 17.2 Å². The fourth-order valence-corrected chi connectivity index (χ4v) is 2.95. The number of aromatic nitrogens is 3. The summed E-state index contributed by atoms with van der Waals surface area (Å²) in [6.45, 7) is 0.565. The highest BCUT2D eigenvalue weighted by molar-refractivity contribution is 7.13. The molecule has 0 fully saturated rings. The van der Waals surface area contributed by atoms with E-state index in [0.717, 1.165) is 10.4 Å². The molecule has 0 spiro atoms. The minimum absolute atomic E-state index is 0.0943. The normalized spacial score (nSPS) is 10.7. The number of carbonyl (C=O) groups excluding carboxylic acids is 1. The average Bonchev–Trinajstić information content (AvgIpc) is 3.27. The van der Waals surface area contributed by atoms with Crippen LogP contribution in [0.15, 0.2) is 46.6 Å². The highest BCUT2D eigenvalue weighted by Gasteiger charge is 2.12. The zero-order valence-corrected chi connectivity index (χ0v) is 14.2. The first kappa shape index (κ1) is 16.3. The molecule has 0 unspecified atom stereocenters. The highest BCUT2D eigenvalue weighted by atomic mass is 32.1. The van der Waals surface area contributed by atoms with E-state index in [2.05, 4.69) is 15.1 Å². The van der Waals surface area contributed by atoms with Gasteiger partial charge in [-0.2, -0.15) is 4.98 Å². The van der Waals surface area contributed by atoms with Crippen LogP contribution in [0, 0.1) is 0 Å². The van der Waals surface area contributed by atoms with Crippen molar-refractivity contribution in [1.29, 1.82) is 0 Å². The third kappa shape index (κ3) is 4.26. The van der Waals surface area contributed by atoms with E-state index in [-0.39, 0.29) is 5.91 Å². The number of rotatable bonds is 7. The molecular formula is C17H18N4O2S. The predicted molar refractivity (Wildman–Crippen MR) is 91.3 cm³/mol. The van der Waals surface area contributed by atoms with Crippen molar-refractivity contribution in [3.8, 4) is 10.7 Å². The zero-order chi connectivity index (χ0) is 16.8. The van der Waals surface area contributed by atoms with Crippen molar-refractivity contribution in [1.82, 2.24) is 20.0 Å². The molecule has 0 radical (unpaired) electrons. The molecule has 0 aliphatic rings. The lowest BCUT2D eigenvalue weighted by molar-refractivity contribution is -0.130. The summed E-state index contributed by atoms with van der Waals surface area (Å²) < 4.78 is 5.24. The molecule has 0 atom stereocenters. The lowest BCUT2D eigenvalue weighted by Crippen LogP contribution is -2.26. The number of thiophene rings is 1. The third-order valence-electron chi connectivity index (χ3n) is 3.56. The molecule has 124 valence electrons. The Morgan fingerprint density at radius 1 is 1.33 bits per heavy atom. The van der Waals surface area contributed by atoms with E-state index in [9.17, 15) is 4.79 Å². The summed E-state index contributed by atoms with van der Waals surface area (Å²) in [5, 5.41) is 5.94. The molecule has 3 aromatic rings. The Morgan fingerprint density at radius 3 is 3.00 bits per heavy atom. The molecule has 0 bridgehead atoms. The minimum Gasteiger partial charge on any atom is -0.341 e. The van der Waals surface area contributed by atoms with Gasteiger partial charge < -0.3 is 9.42 Å². The Bertz CT molecular complexity index is 771. The number of nitrogens with zero attached hydrogens (tertiary/aromatic N) is 4. The van der Waals surface area contributed by atoms with Crippen LogP contribution in [0.2, 0.25) is 0 Å². The van der Waals surface area contributed by atoms with E-state index >= 15 is 0 Å². The third-order valence-corrected chi connectivity index (χ3v) is 4.43. The first-order valence-corrected chi connectivity index (χ1v) is 8.59. The van der Waals surface area contributed by atoms with E-state index in [1.165, 1.54) is 0 Å². The summed E-state index contributed by atoms with van der Waals surface area (Å²) in [5.74, 6) is 1.28. The van der Waals surface area contributed by atoms with Crippen LogP contribution in [-0.2, 0) is 17.8 Å². The SMILES string of the molecule is CN(Cc1cccnc1)C(=O)CCCc1nc(-c2cccs2)no1. The molecule has 3 aromatic heterocycles. The second-order valence-electron chi connectivity index (χ2n) is 5.45. The molecule has 3 heterocycles. The molecule has 0 saturated carbocycles. The number of hydrogen-bond acceptors (Lipinski definition) is 6. The maximum atomic E-state index is 12.2. The topological polar surface area (TPSA) is 72.1 Å². The summed E-state index contributed by atoms with van der Waals surface area (Å²) >= 11 is 1.57. The number of aryl methyl sites for hydroxylation is 1. The summed E-state index contributed by atoms with van der Waals surface area (Å²) in [7, 11) is 1.80. The maximum absolute atomic E-state index is 12.2. The fraction of sp³-hybridized carbons (Fsp3) is 0.294. The molecule has 0 aromatic carbocycles. The second kappa shape index (κ2) is 7.83. The van der Waals surface area contributed by atoms with Crippen molar-refractivity contribution in [3.63, 3.8) is 0 Å². The summed E-state index contributed by atoms with van der Waals surface area (Å²) in [5.41, 5.74) is 1.02. The Balaban J connectivity index is 1.45. The van der Waals surface area contributed by atoms with Crippen molar-refractivity contribution in [2.24, 2.45) is 0 Å². The van der Waals surface area contributed by atoms with E-state index in [1.54, 1.807) is 35.7 Å². The largest absolute Gasteiger partial charge is 0.341 e. The van der Waals surface area contributed by atoms with Gasteiger partial charge in [0.05, 0.1) is 4.88 Å². The average molecular weight is 342 g/mol. The van der Waals surface area contributed by atoms with Gasteiger partial charge in [0.2, 0.25) is 17.6 Å². The molecule has 1 amide bonds. The van der Waals surface area contributed by atoms with Crippen LogP contribution in [0.4, 0.5) is 0 Å². The molecule has 6 nitrogen and oxygen atoms in total. The van der Waals surface area contributed by atoms with Gasteiger partial charge in [-0.05, 0) is 29.5 Å². The monoisotopic (exact) mass is 342 g/mol. The van der Waals surface area contributed by atoms with Gasteiger partial charge in [-0.3, -0.25) is 9.78 Å². The summed E-state index contributed by atoms with van der Waals surface area (Å²) in [4.78, 5) is 23.3. The lowest BCUT2D eigenvalue weighted by atomic mass is 10.2. The van der Waals surface area contributed by atoms with E-state index < -0.39 is 0 Å². The standard InChI is InChI=1S/C17H18N4O2S/c1-21(12-13-5-3-9-18-11-13)16(22)8-2-7-15-19-17(20-23-15)14-6-4-10-24-14/h3-6,9-11H,2,7-8,12H2,1H3. The Hall–Kier alpha value is -2.54. The molecule has 0 N–H and O–H groups in total. The van der Waals surface area contributed by atoms with Crippen LogP contribution >= 0.6 is 11.3 Å². The molecule has 0 saturated heterocycles. The molecular weight excluding hydrogens is 324 g/mol. The van der Waals surface area contributed by atoms with Crippen LogP contribution in [0.5, 0.6) is 0 Å². The van der Waals surface area contributed by atoms with Crippen molar-refractivity contribution in [2.45, 2.75) is 25.8 Å². The van der Waals surface area contributed by atoms with Crippen molar-refractivity contribution < 1.29 is 9.32 Å². The number of amides is 1. The van der Waals surface area contributed by atoms with E-state index in [1.807, 2.05) is 29.6 Å². The molecule has 0 aliphatic carbocycles. The van der Waals surface area contributed by atoms with Gasteiger partial charge in [0.25, 0.3) is 0 Å².